The lowest BCUT2D eigenvalue weighted by atomic mass is 10.2. The number of rotatable bonds is 9. The van der Waals surface area contributed by atoms with E-state index < -0.39 is 0 Å². The topological polar surface area (TPSA) is 33.6 Å². The van der Waals surface area contributed by atoms with Gasteiger partial charge in [0, 0.05) is 0 Å². The Hall–Kier alpha value is -2.29. The van der Waals surface area contributed by atoms with Crippen molar-refractivity contribution in [1.82, 2.24) is 0 Å². The molecular formula is C19H24N2O. The van der Waals surface area contributed by atoms with Crippen LogP contribution in [0.3, 0.4) is 0 Å². The Morgan fingerprint density at radius 1 is 0.955 bits per heavy atom. The zero-order valence-electron chi connectivity index (χ0n) is 13.2. The number of ether oxygens (including phenoxy) is 1. The van der Waals surface area contributed by atoms with Crippen LogP contribution in [-0.4, -0.2) is 12.8 Å². The number of nitrogens with one attached hydrogen (secondary N) is 1. The summed E-state index contributed by atoms with van der Waals surface area (Å²) in [6.45, 7) is 3.01. The first kappa shape index (κ1) is 16.1. The molecule has 0 fully saturated rings. The minimum atomic E-state index is 0.795. The lowest BCUT2D eigenvalue weighted by Crippen LogP contribution is -1.97. The second-order valence-corrected chi connectivity index (χ2v) is 5.21. The molecule has 0 aromatic heterocycles. The number of unbranched alkanes of at least 4 members (excludes halogenated alkanes) is 3. The summed E-state index contributed by atoms with van der Waals surface area (Å²) >= 11 is 0. The fourth-order valence-electron chi connectivity index (χ4n) is 2.06. The Labute approximate surface area is 133 Å². The summed E-state index contributed by atoms with van der Waals surface area (Å²) in [6, 6.07) is 17.9. The number of hydrazone groups is 1. The zero-order valence-corrected chi connectivity index (χ0v) is 13.2. The minimum absolute atomic E-state index is 0.795. The van der Waals surface area contributed by atoms with Gasteiger partial charge in [0.25, 0.3) is 0 Å². The van der Waals surface area contributed by atoms with Crippen LogP contribution in [0.2, 0.25) is 0 Å². The van der Waals surface area contributed by atoms with Gasteiger partial charge in [-0.15, -0.1) is 0 Å². The quantitative estimate of drug-likeness (QED) is 0.397. The number of anilines is 1. The Kier molecular flexibility index (Phi) is 7.03. The molecule has 2 rings (SSSR count). The van der Waals surface area contributed by atoms with Gasteiger partial charge in [-0.3, -0.25) is 5.43 Å². The maximum atomic E-state index is 5.72. The molecule has 1 N–H and O–H groups in total. The van der Waals surface area contributed by atoms with Gasteiger partial charge in [0.15, 0.2) is 0 Å². The van der Waals surface area contributed by atoms with Crippen molar-refractivity contribution in [2.75, 3.05) is 12.0 Å². The van der Waals surface area contributed by atoms with Crippen molar-refractivity contribution >= 4 is 11.9 Å². The summed E-state index contributed by atoms with van der Waals surface area (Å²) in [5.41, 5.74) is 5.02. The average Bonchev–Trinajstić information content (AvgIpc) is 2.57. The molecule has 0 aliphatic rings. The summed E-state index contributed by atoms with van der Waals surface area (Å²) in [7, 11) is 0. The molecule has 0 saturated heterocycles. The van der Waals surface area contributed by atoms with Gasteiger partial charge in [0.1, 0.15) is 5.75 Å². The van der Waals surface area contributed by atoms with E-state index in [4.69, 9.17) is 4.74 Å². The first-order valence-electron chi connectivity index (χ1n) is 7.95. The van der Waals surface area contributed by atoms with E-state index in [1.54, 1.807) is 6.21 Å². The molecule has 0 bridgehead atoms. The van der Waals surface area contributed by atoms with Crippen LogP contribution in [0.1, 0.15) is 38.2 Å². The van der Waals surface area contributed by atoms with Crippen LogP contribution < -0.4 is 10.2 Å². The van der Waals surface area contributed by atoms with Crippen molar-refractivity contribution in [3.05, 3.63) is 60.2 Å². The largest absolute Gasteiger partial charge is 0.494 e. The molecule has 2 aromatic carbocycles. The molecular weight excluding hydrogens is 272 g/mol. The first-order valence-corrected chi connectivity index (χ1v) is 7.95. The van der Waals surface area contributed by atoms with Gasteiger partial charge in [-0.05, 0) is 48.4 Å². The second-order valence-electron chi connectivity index (χ2n) is 5.21. The number of para-hydroxylation sites is 1. The van der Waals surface area contributed by atoms with Crippen molar-refractivity contribution in [2.24, 2.45) is 5.10 Å². The van der Waals surface area contributed by atoms with Crippen LogP contribution >= 0.6 is 0 Å². The van der Waals surface area contributed by atoms with E-state index in [1.165, 1.54) is 19.3 Å². The van der Waals surface area contributed by atoms with E-state index in [9.17, 15) is 0 Å². The van der Waals surface area contributed by atoms with Crippen LogP contribution in [0.5, 0.6) is 5.75 Å². The maximum Gasteiger partial charge on any atom is 0.119 e. The molecule has 0 amide bonds. The Balaban J connectivity index is 1.74. The van der Waals surface area contributed by atoms with E-state index in [0.717, 1.165) is 30.0 Å². The fourth-order valence-corrected chi connectivity index (χ4v) is 2.06. The molecule has 0 heterocycles. The smallest absolute Gasteiger partial charge is 0.119 e. The van der Waals surface area contributed by atoms with E-state index >= 15 is 0 Å². The third-order valence-corrected chi connectivity index (χ3v) is 3.33. The van der Waals surface area contributed by atoms with Gasteiger partial charge in [-0.1, -0.05) is 44.4 Å². The van der Waals surface area contributed by atoms with E-state index in [-0.39, 0.29) is 0 Å². The van der Waals surface area contributed by atoms with E-state index in [1.807, 2.05) is 54.6 Å². The molecule has 3 nitrogen and oxygen atoms in total. The molecule has 0 radical (unpaired) electrons. The van der Waals surface area contributed by atoms with Crippen LogP contribution in [0.4, 0.5) is 5.69 Å². The second kappa shape index (κ2) is 9.61. The Morgan fingerprint density at radius 2 is 1.73 bits per heavy atom. The predicted octanol–water partition coefficient (Wildman–Crippen LogP) is 5.09. The minimum Gasteiger partial charge on any atom is -0.494 e. The van der Waals surface area contributed by atoms with Crippen LogP contribution in [0.15, 0.2) is 59.7 Å². The Bertz CT molecular complexity index is 549. The summed E-state index contributed by atoms with van der Waals surface area (Å²) < 4.78 is 5.72. The SMILES string of the molecule is CCCCCCOc1ccc(/C=N\Nc2ccccc2)cc1. The highest BCUT2D eigenvalue weighted by atomic mass is 16.5. The van der Waals surface area contributed by atoms with E-state index in [2.05, 4.69) is 17.5 Å². The predicted molar refractivity (Wildman–Crippen MR) is 93.7 cm³/mol. The average molecular weight is 296 g/mol. The van der Waals surface area contributed by atoms with Gasteiger partial charge in [0.05, 0.1) is 18.5 Å². The van der Waals surface area contributed by atoms with Crippen LogP contribution in [0, 0.1) is 0 Å². The molecule has 0 aliphatic carbocycles. The van der Waals surface area contributed by atoms with Gasteiger partial charge in [-0.25, -0.2) is 0 Å². The van der Waals surface area contributed by atoms with Crippen molar-refractivity contribution in [1.29, 1.82) is 0 Å². The molecule has 3 heteroatoms. The number of hydrogen-bond donors (Lipinski definition) is 1. The summed E-state index contributed by atoms with van der Waals surface area (Å²) in [5, 5.41) is 4.22. The van der Waals surface area contributed by atoms with Crippen molar-refractivity contribution in [3.8, 4) is 5.75 Å². The highest BCUT2D eigenvalue weighted by Crippen LogP contribution is 2.12. The van der Waals surface area contributed by atoms with Crippen molar-refractivity contribution in [2.45, 2.75) is 32.6 Å². The summed E-state index contributed by atoms with van der Waals surface area (Å²) in [5.74, 6) is 0.921. The summed E-state index contributed by atoms with van der Waals surface area (Å²) in [6.07, 6.45) is 6.71. The van der Waals surface area contributed by atoms with Crippen LogP contribution in [0.25, 0.3) is 0 Å². The number of nitrogens with zero attached hydrogens (tertiary/aromatic N) is 1. The van der Waals surface area contributed by atoms with Gasteiger partial charge in [-0.2, -0.15) is 5.10 Å². The Morgan fingerprint density at radius 3 is 2.45 bits per heavy atom. The first-order chi connectivity index (χ1) is 10.9. The van der Waals surface area contributed by atoms with Crippen molar-refractivity contribution in [3.63, 3.8) is 0 Å². The molecule has 0 spiro atoms. The maximum absolute atomic E-state index is 5.72. The van der Waals surface area contributed by atoms with E-state index in [0.29, 0.717) is 0 Å². The lowest BCUT2D eigenvalue weighted by Gasteiger charge is -2.06. The molecule has 22 heavy (non-hydrogen) atoms. The molecule has 0 unspecified atom stereocenters. The monoisotopic (exact) mass is 296 g/mol. The molecule has 0 atom stereocenters. The molecule has 2 aromatic rings. The third-order valence-electron chi connectivity index (χ3n) is 3.33. The van der Waals surface area contributed by atoms with Crippen LogP contribution in [-0.2, 0) is 0 Å². The highest BCUT2D eigenvalue weighted by Gasteiger charge is 1.94. The normalized spacial score (nSPS) is 10.8. The molecule has 0 saturated carbocycles. The molecule has 116 valence electrons. The lowest BCUT2D eigenvalue weighted by molar-refractivity contribution is 0.305. The fraction of sp³-hybridized carbons (Fsp3) is 0.316. The molecule has 0 aliphatic heterocycles. The summed E-state index contributed by atoms with van der Waals surface area (Å²) in [4.78, 5) is 0. The standard InChI is InChI=1S/C19H24N2O/c1-2-3-4-8-15-22-19-13-11-17(12-14-19)16-20-21-18-9-6-5-7-10-18/h5-7,9-14,16,21H,2-4,8,15H2,1H3/b20-16-. The van der Waals surface area contributed by atoms with Gasteiger partial charge in [0.2, 0.25) is 0 Å². The number of hydrogen-bond acceptors (Lipinski definition) is 3. The van der Waals surface area contributed by atoms with Gasteiger partial charge >= 0.3 is 0 Å². The number of benzene rings is 2. The van der Waals surface area contributed by atoms with Gasteiger partial charge < -0.3 is 4.74 Å². The van der Waals surface area contributed by atoms with Crippen molar-refractivity contribution < 1.29 is 4.74 Å². The zero-order chi connectivity index (χ0) is 15.5. The highest BCUT2D eigenvalue weighted by molar-refractivity contribution is 5.80. The third kappa shape index (κ3) is 6.00.